The molecule has 6 nitrogen and oxygen atoms in total. The van der Waals surface area contributed by atoms with Crippen LogP contribution in [0.1, 0.15) is 0 Å². The van der Waals surface area contributed by atoms with Crippen LogP contribution in [0.2, 0.25) is 0 Å². The fourth-order valence-electron chi connectivity index (χ4n) is 2.19. The molecule has 1 aliphatic heterocycles. The van der Waals surface area contributed by atoms with E-state index in [1.54, 1.807) is 18.4 Å². The summed E-state index contributed by atoms with van der Waals surface area (Å²) in [6.07, 6.45) is 1.55. The molecule has 6 heteroatoms. The number of ether oxygens (including phenoxy) is 1. The second kappa shape index (κ2) is 4.30. The van der Waals surface area contributed by atoms with Crippen molar-refractivity contribution in [1.29, 1.82) is 0 Å². The van der Waals surface area contributed by atoms with Gasteiger partial charge in [-0.3, -0.25) is 10.1 Å². The average Bonchev–Trinajstić information content (AvgIpc) is 2.86. The number of furan rings is 1. The van der Waals surface area contributed by atoms with Crippen molar-refractivity contribution < 1.29 is 14.1 Å². The van der Waals surface area contributed by atoms with Crippen molar-refractivity contribution in [2.75, 3.05) is 31.2 Å². The number of hydrogen-bond acceptors (Lipinski definition) is 5. The van der Waals surface area contributed by atoms with E-state index in [4.69, 9.17) is 9.15 Å². The first-order valence-corrected chi connectivity index (χ1v) is 5.74. The summed E-state index contributed by atoms with van der Waals surface area (Å²) in [6.45, 7) is 2.70. The second-order valence-electron chi connectivity index (χ2n) is 4.16. The molecule has 1 saturated heterocycles. The van der Waals surface area contributed by atoms with Gasteiger partial charge >= 0.3 is 0 Å². The highest BCUT2D eigenvalue weighted by Gasteiger charge is 2.20. The number of anilines is 1. The Bertz CT molecular complexity index is 587. The predicted octanol–water partition coefficient (Wildman–Crippen LogP) is 2.18. The third-order valence-electron chi connectivity index (χ3n) is 3.08. The van der Waals surface area contributed by atoms with E-state index in [2.05, 4.69) is 4.90 Å². The maximum atomic E-state index is 10.9. The molecule has 0 saturated carbocycles. The maximum absolute atomic E-state index is 10.9. The molecule has 0 radical (unpaired) electrons. The predicted molar refractivity (Wildman–Crippen MR) is 65.9 cm³/mol. The highest BCUT2D eigenvalue weighted by molar-refractivity contribution is 5.92. The summed E-state index contributed by atoms with van der Waals surface area (Å²) in [6, 6.07) is 4.84. The van der Waals surface area contributed by atoms with E-state index >= 15 is 0 Å². The number of fused-ring (bicyclic) bond motifs is 1. The summed E-state index contributed by atoms with van der Waals surface area (Å²) in [7, 11) is 0. The molecule has 0 spiro atoms. The quantitative estimate of drug-likeness (QED) is 0.601. The Morgan fingerprint density at radius 3 is 2.78 bits per heavy atom. The lowest BCUT2D eigenvalue weighted by Crippen LogP contribution is -2.36. The number of rotatable bonds is 2. The van der Waals surface area contributed by atoms with E-state index in [-0.39, 0.29) is 10.6 Å². The molecule has 3 rings (SSSR count). The Morgan fingerprint density at radius 2 is 2.06 bits per heavy atom. The Hall–Kier alpha value is -2.08. The summed E-state index contributed by atoms with van der Waals surface area (Å²) in [5.41, 5.74) is 1.56. The molecule has 0 unspecified atom stereocenters. The molecular formula is C12H12N2O4. The lowest BCUT2D eigenvalue weighted by atomic mass is 10.2. The van der Waals surface area contributed by atoms with Gasteiger partial charge in [0.15, 0.2) is 5.58 Å². The third-order valence-corrected chi connectivity index (χ3v) is 3.08. The third kappa shape index (κ3) is 1.80. The van der Waals surface area contributed by atoms with Crippen LogP contribution in [0.5, 0.6) is 0 Å². The molecule has 2 aromatic rings. The van der Waals surface area contributed by atoms with Gasteiger partial charge in [0.2, 0.25) is 0 Å². The van der Waals surface area contributed by atoms with Crippen molar-refractivity contribution >= 4 is 22.3 Å². The lowest BCUT2D eigenvalue weighted by Gasteiger charge is -2.28. The molecule has 0 amide bonds. The Balaban J connectivity index is 2.12. The summed E-state index contributed by atoms with van der Waals surface area (Å²) >= 11 is 0. The number of nitrogens with zero attached hydrogens (tertiary/aromatic N) is 2. The van der Waals surface area contributed by atoms with Gasteiger partial charge in [0.05, 0.1) is 30.1 Å². The van der Waals surface area contributed by atoms with Crippen LogP contribution in [-0.4, -0.2) is 31.2 Å². The molecule has 0 N–H and O–H groups in total. The Kier molecular flexibility index (Phi) is 2.64. The van der Waals surface area contributed by atoms with Crippen molar-refractivity contribution in [3.63, 3.8) is 0 Å². The van der Waals surface area contributed by atoms with Gasteiger partial charge in [-0.2, -0.15) is 0 Å². The topological polar surface area (TPSA) is 68.8 Å². The summed E-state index contributed by atoms with van der Waals surface area (Å²) < 4.78 is 10.7. The Labute approximate surface area is 103 Å². The SMILES string of the molecule is O=[N+]([O-])c1cc(N2CCOCC2)c2occc2c1. The molecule has 2 heterocycles. The van der Waals surface area contributed by atoms with Crippen molar-refractivity contribution in [2.24, 2.45) is 0 Å². The zero-order valence-corrected chi connectivity index (χ0v) is 9.67. The van der Waals surface area contributed by atoms with Gasteiger partial charge < -0.3 is 14.1 Å². The zero-order valence-electron chi connectivity index (χ0n) is 9.67. The lowest BCUT2D eigenvalue weighted by molar-refractivity contribution is -0.384. The van der Waals surface area contributed by atoms with E-state index < -0.39 is 0 Å². The summed E-state index contributed by atoms with van der Waals surface area (Å²) in [4.78, 5) is 12.6. The number of nitro benzene ring substituents is 1. The monoisotopic (exact) mass is 248 g/mol. The molecule has 1 aliphatic rings. The van der Waals surface area contributed by atoms with Crippen LogP contribution in [0.3, 0.4) is 0 Å². The van der Waals surface area contributed by atoms with E-state index in [0.717, 1.165) is 24.2 Å². The van der Waals surface area contributed by atoms with Crippen molar-refractivity contribution in [3.05, 3.63) is 34.6 Å². The van der Waals surface area contributed by atoms with Crippen molar-refractivity contribution in [1.82, 2.24) is 0 Å². The number of morpholine rings is 1. The normalized spacial score (nSPS) is 16.1. The molecule has 0 atom stereocenters. The molecule has 94 valence electrons. The molecule has 1 fully saturated rings. The van der Waals surface area contributed by atoms with Crippen LogP contribution in [-0.2, 0) is 4.74 Å². The highest BCUT2D eigenvalue weighted by atomic mass is 16.6. The molecule has 18 heavy (non-hydrogen) atoms. The maximum Gasteiger partial charge on any atom is 0.272 e. The van der Waals surface area contributed by atoms with Crippen LogP contribution < -0.4 is 4.90 Å². The van der Waals surface area contributed by atoms with Crippen LogP contribution in [0.15, 0.2) is 28.9 Å². The van der Waals surface area contributed by atoms with Crippen LogP contribution in [0.25, 0.3) is 11.0 Å². The number of hydrogen-bond donors (Lipinski definition) is 0. The van der Waals surface area contributed by atoms with Crippen LogP contribution in [0.4, 0.5) is 11.4 Å². The minimum Gasteiger partial charge on any atom is -0.462 e. The first kappa shape index (κ1) is 11.0. The average molecular weight is 248 g/mol. The number of non-ortho nitro benzene ring substituents is 1. The first-order valence-electron chi connectivity index (χ1n) is 5.74. The van der Waals surface area contributed by atoms with E-state index in [1.165, 1.54) is 6.07 Å². The van der Waals surface area contributed by atoms with Gasteiger partial charge in [-0.15, -0.1) is 0 Å². The summed E-state index contributed by atoms with van der Waals surface area (Å²) in [5.74, 6) is 0. The largest absolute Gasteiger partial charge is 0.462 e. The fraction of sp³-hybridized carbons (Fsp3) is 0.333. The van der Waals surface area contributed by atoms with Gasteiger partial charge in [-0.25, -0.2) is 0 Å². The van der Waals surface area contributed by atoms with Gasteiger partial charge in [0.25, 0.3) is 5.69 Å². The van der Waals surface area contributed by atoms with Crippen LogP contribution >= 0.6 is 0 Å². The van der Waals surface area contributed by atoms with Crippen molar-refractivity contribution in [3.8, 4) is 0 Å². The minimum absolute atomic E-state index is 0.0883. The molecular weight excluding hydrogens is 236 g/mol. The minimum atomic E-state index is -0.379. The standard InChI is InChI=1S/C12H12N2O4/c15-14(16)10-7-9-1-4-18-12(9)11(8-10)13-2-5-17-6-3-13/h1,4,7-8H,2-3,5-6H2. The molecule has 0 aliphatic carbocycles. The summed E-state index contributed by atoms with van der Waals surface area (Å²) in [5, 5.41) is 11.7. The molecule has 0 bridgehead atoms. The zero-order chi connectivity index (χ0) is 12.5. The Morgan fingerprint density at radius 1 is 1.28 bits per heavy atom. The molecule has 1 aromatic heterocycles. The van der Waals surface area contributed by atoms with Gasteiger partial charge in [-0.1, -0.05) is 0 Å². The second-order valence-corrected chi connectivity index (χ2v) is 4.16. The van der Waals surface area contributed by atoms with E-state index in [9.17, 15) is 10.1 Å². The first-order chi connectivity index (χ1) is 8.75. The van der Waals surface area contributed by atoms with E-state index in [0.29, 0.717) is 18.8 Å². The molecule has 1 aromatic carbocycles. The van der Waals surface area contributed by atoms with Gasteiger partial charge in [0.1, 0.15) is 0 Å². The number of benzene rings is 1. The van der Waals surface area contributed by atoms with Crippen molar-refractivity contribution in [2.45, 2.75) is 0 Å². The van der Waals surface area contributed by atoms with Crippen LogP contribution in [0, 0.1) is 10.1 Å². The van der Waals surface area contributed by atoms with Gasteiger partial charge in [-0.05, 0) is 6.07 Å². The van der Waals surface area contributed by atoms with E-state index in [1.807, 2.05) is 0 Å². The highest BCUT2D eigenvalue weighted by Crippen LogP contribution is 2.33. The number of nitro groups is 1. The fourth-order valence-corrected chi connectivity index (χ4v) is 2.19. The van der Waals surface area contributed by atoms with Gasteiger partial charge in [0, 0.05) is 30.6 Å². The smallest absolute Gasteiger partial charge is 0.272 e.